The molecular formula is C25H25N3O6. The van der Waals surface area contributed by atoms with Gasteiger partial charge in [-0.25, -0.2) is 4.79 Å². The van der Waals surface area contributed by atoms with Crippen LogP contribution in [0.3, 0.4) is 0 Å². The normalized spacial score (nSPS) is 12.5. The molecule has 1 heterocycles. The van der Waals surface area contributed by atoms with Crippen molar-refractivity contribution in [2.24, 2.45) is 5.41 Å². The van der Waals surface area contributed by atoms with Crippen LogP contribution in [-0.2, 0) is 9.53 Å². The van der Waals surface area contributed by atoms with E-state index in [2.05, 4.69) is 27.9 Å². The van der Waals surface area contributed by atoms with Gasteiger partial charge in [0.2, 0.25) is 5.88 Å². The molecule has 176 valence electrons. The van der Waals surface area contributed by atoms with Crippen molar-refractivity contribution in [2.75, 3.05) is 18.5 Å². The fourth-order valence-electron chi connectivity index (χ4n) is 4.06. The number of aromatic nitrogens is 1. The van der Waals surface area contributed by atoms with E-state index < -0.39 is 23.4 Å². The number of hydrogen-bond acceptors (Lipinski definition) is 6. The number of carbonyl (C=O) groups is 3. The fraction of sp³-hybridized carbons (Fsp3) is 0.280. The number of anilines is 1. The molecule has 0 unspecified atom stereocenters. The van der Waals surface area contributed by atoms with Gasteiger partial charge < -0.3 is 19.7 Å². The first-order chi connectivity index (χ1) is 16.2. The average Bonchev–Trinajstić information content (AvgIpc) is 3.38. The summed E-state index contributed by atoms with van der Waals surface area (Å²) in [4.78, 5) is 35.5. The Kier molecular flexibility index (Phi) is 6.36. The van der Waals surface area contributed by atoms with E-state index in [0.29, 0.717) is 0 Å². The molecule has 34 heavy (non-hydrogen) atoms. The Morgan fingerprint density at radius 2 is 1.68 bits per heavy atom. The molecular weight excluding hydrogens is 438 g/mol. The zero-order chi connectivity index (χ0) is 24.3. The number of fused-ring (bicyclic) bond motifs is 3. The number of carboxylic acid groups (broad SMARTS) is 1. The smallest absolute Gasteiger partial charge is 0.414 e. The van der Waals surface area contributed by atoms with Crippen LogP contribution < -0.4 is 10.6 Å². The maximum Gasteiger partial charge on any atom is 0.414 e. The third-order valence-electron chi connectivity index (χ3n) is 5.67. The highest BCUT2D eigenvalue weighted by molar-refractivity contribution is 5.93. The summed E-state index contributed by atoms with van der Waals surface area (Å²) in [5.74, 6) is -1.60. The van der Waals surface area contributed by atoms with E-state index in [0.717, 1.165) is 22.3 Å². The predicted molar refractivity (Wildman–Crippen MR) is 124 cm³/mol. The third-order valence-corrected chi connectivity index (χ3v) is 5.67. The molecule has 1 aromatic heterocycles. The van der Waals surface area contributed by atoms with Crippen LogP contribution in [0.25, 0.3) is 11.1 Å². The minimum Gasteiger partial charge on any atom is -0.481 e. The zero-order valence-corrected chi connectivity index (χ0v) is 18.8. The Morgan fingerprint density at radius 1 is 1.06 bits per heavy atom. The Balaban J connectivity index is 1.33. The molecule has 9 nitrogen and oxygen atoms in total. The quantitative estimate of drug-likeness (QED) is 0.455. The summed E-state index contributed by atoms with van der Waals surface area (Å²) in [6.45, 7) is 3.74. The first-order valence-electron chi connectivity index (χ1n) is 10.8. The molecule has 0 saturated heterocycles. The predicted octanol–water partition coefficient (Wildman–Crippen LogP) is 4.27. The molecule has 2 aromatic carbocycles. The molecule has 3 N–H and O–H groups in total. The molecule has 0 atom stereocenters. The second kappa shape index (κ2) is 9.38. The summed E-state index contributed by atoms with van der Waals surface area (Å²) in [5.41, 5.74) is 3.78. The summed E-state index contributed by atoms with van der Waals surface area (Å²) in [5, 5.41) is 17.7. The maximum absolute atomic E-state index is 12.4. The van der Waals surface area contributed by atoms with E-state index in [9.17, 15) is 14.4 Å². The average molecular weight is 463 g/mol. The second-order valence-electron chi connectivity index (χ2n) is 8.94. The van der Waals surface area contributed by atoms with E-state index in [1.54, 1.807) is 13.8 Å². The number of carboxylic acids is 1. The van der Waals surface area contributed by atoms with Crippen LogP contribution in [0.4, 0.5) is 10.7 Å². The SMILES string of the molecule is CC(C)(CNC(=O)c1cc(NC(=O)OCC2c3ccccc3-c3ccccc32)on1)CC(=O)O. The van der Waals surface area contributed by atoms with Gasteiger partial charge in [-0.05, 0) is 27.7 Å². The molecule has 1 aliphatic carbocycles. The lowest BCUT2D eigenvalue weighted by atomic mass is 9.89. The maximum atomic E-state index is 12.4. The van der Waals surface area contributed by atoms with Gasteiger partial charge in [-0.1, -0.05) is 67.5 Å². The van der Waals surface area contributed by atoms with Crippen molar-refractivity contribution >= 4 is 23.9 Å². The van der Waals surface area contributed by atoms with Crippen molar-refractivity contribution in [1.82, 2.24) is 10.5 Å². The Bertz CT molecular complexity index is 1190. The van der Waals surface area contributed by atoms with Crippen molar-refractivity contribution in [3.05, 3.63) is 71.4 Å². The van der Waals surface area contributed by atoms with Gasteiger partial charge in [0.15, 0.2) is 5.69 Å². The van der Waals surface area contributed by atoms with E-state index in [1.807, 2.05) is 36.4 Å². The highest BCUT2D eigenvalue weighted by Gasteiger charge is 2.29. The first kappa shape index (κ1) is 23.0. The molecule has 0 radical (unpaired) electrons. The van der Waals surface area contributed by atoms with Crippen LogP contribution in [0.15, 0.2) is 59.1 Å². The van der Waals surface area contributed by atoms with Crippen LogP contribution in [0, 0.1) is 5.41 Å². The molecule has 0 fully saturated rings. The molecule has 0 saturated carbocycles. The number of aliphatic carboxylic acids is 1. The van der Waals surface area contributed by atoms with Gasteiger partial charge in [-0.15, -0.1) is 0 Å². The number of benzene rings is 2. The molecule has 4 rings (SSSR count). The van der Waals surface area contributed by atoms with Gasteiger partial charge in [0.25, 0.3) is 5.91 Å². The van der Waals surface area contributed by atoms with Gasteiger partial charge in [0, 0.05) is 18.5 Å². The molecule has 2 amide bonds. The lowest BCUT2D eigenvalue weighted by Crippen LogP contribution is -2.35. The highest BCUT2D eigenvalue weighted by Crippen LogP contribution is 2.44. The van der Waals surface area contributed by atoms with Crippen LogP contribution in [0.5, 0.6) is 0 Å². The van der Waals surface area contributed by atoms with Crippen molar-refractivity contribution in [3.63, 3.8) is 0 Å². The lowest BCUT2D eigenvalue weighted by molar-refractivity contribution is -0.139. The lowest BCUT2D eigenvalue weighted by Gasteiger charge is -2.22. The number of rotatable bonds is 8. The van der Waals surface area contributed by atoms with Crippen molar-refractivity contribution in [2.45, 2.75) is 26.2 Å². The topological polar surface area (TPSA) is 131 Å². The summed E-state index contributed by atoms with van der Waals surface area (Å²) in [6.07, 6.45) is -0.826. The Hall–Kier alpha value is -4.14. The number of nitrogens with zero attached hydrogens (tertiary/aromatic N) is 1. The Morgan fingerprint density at radius 3 is 2.29 bits per heavy atom. The van der Waals surface area contributed by atoms with E-state index >= 15 is 0 Å². The highest BCUT2D eigenvalue weighted by atomic mass is 16.6. The second-order valence-corrected chi connectivity index (χ2v) is 8.94. The van der Waals surface area contributed by atoms with Crippen LogP contribution in [0.2, 0.25) is 0 Å². The van der Waals surface area contributed by atoms with Crippen LogP contribution in [0.1, 0.15) is 47.8 Å². The molecule has 9 heteroatoms. The van der Waals surface area contributed by atoms with Crippen molar-refractivity contribution in [1.29, 1.82) is 0 Å². The van der Waals surface area contributed by atoms with Gasteiger partial charge in [0.1, 0.15) is 6.61 Å². The Labute approximate surface area is 196 Å². The first-order valence-corrected chi connectivity index (χ1v) is 10.8. The van der Waals surface area contributed by atoms with E-state index in [4.69, 9.17) is 14.4 Å². The van der Waals surface area contributed by atoms with Gasteiger partial charge in [-0.3, -0.25) is 14.9 Å². The monoisotopic (exact) mass is 463 g/mol. The van der Waals surface area contributed by atoms with Gasteiger partial charge >= 0.3 is 12.1 Å². The number of carbonyl (C=O) groups excluding carboxylic acids is 2. The van der Waals surface area contributed by atoms with E-state index in [1.165, 1.54) is 6.07 Å². The number of amides is 2. The number of nitrogens with one attached hydrogen (secondary N) is 2. The summed E-state index contributed by atoms with van der Waals surface area (Å²) >= 11 is 0. The molecule has 0 bridgehead atoms. The molecule has 1 aliphatic rings. The third kappa shape index (κ3) is 5.09. The van der Waals surface area contributed by atoms with E-state index in [-0.39, 0.29) is 37.1 Å². The van der Waals surface area contributed by atoms with Crippen LogP contribution in [-0.4, -0.2) is 41.4 Å². The van der Waals surface area contributed by atoms with Crippen molar-refractivity contribution in [3.8, 4) is 11.1 Å². The van der Waals surface area contributed by atoms with Crippen molar-refractivity contribution < 1.29 is 28.8 Å². The number of hydrogen-bond donors (Lipinski definition) is 3. The minimum atomic E-state index is -0.949. The van der Waals surface area contributed by atoms with Gasteiger partial charge in [0.05, 0.1) is 6.42 Å². The standard InChI is InChI=1S/C25H25N3O6/c1-25(2,12-22(29)30)14-26-23(31)20-11-21(34-28-20)27-24(32)33-13-19-17-9-5-3-7-15(17)16-8-4-6-10-18(16)19/h3-11,19H,12-14H2,1-2H3,(H,26,31)(H,27,32)(H,29,30). The molecule has 0 spiro atoms. The zero-order valence-electron chi connectivity index (χ0n) is 18.8. The largest absolute Gasteiger partial charge is 0.481 e. The summed E-state index contributed by atoms with van der Waals surface area (Å²) in [7, 11) is 0. The fourth-order valence-corrected chi connectivity index (χ4v) is 4.06. The molecule has 3 aromatic rings. The summed E-state index contributed by atoms with van der Waals surface area (Å²) in [6, 6.07) is 17.3. The van der Waals surface area contributed by atoms with Gasteiger partial charge in [-0.2, -0.15) is 0 Å². The molecule has 0 aliphatic heterocycles. The number of ether oxygens (including phenoxy) is 1. The summed E-state index contributed by atoms with van der Waals surface area (Å²) < 4.78 is 10.5. The minimum absolute atomic E-state index is 0.0350. The van der Waals surface area contributed by atoms with Crippen LogP contribution >= 0.6 is 0 Å².